The van der Waals surface area contributed by atoms with Crippen LogP contribution in [0.25, 0.3) is 66.8 Å². The maximum atomic E-state index is 7.17. The van der Waals surface area contributed by atoms with Gasteiger partial charge >= 0.3 is 0 Å². The van der Waals surface area contributed by atoms with Crippen molar-refractivity contribution in [1.82, 2.24) is 0 Å². The first-order valence-electron chi connectivity index (χ1n) is 23.2. The van der Waals surface area contributed by atoms with Crippen molar-refractivity contribution >= 4 is 86.9 Å². The van der Waals surface area contributed by atoms with Gasteiger partial charge in [0.2, 0.25) is 0 Å². The van der Waals surface area contributed by atoms with E-state index in [4.69, 9.17) is 23.2 Å². The van der Waals surface area contributed by atoms with Crippen LogP contribution >= 0.6 is 86.9 Å². The van der Waals surface area contributed by atoms with Gasteiger partial charge in [0.15, 0.2) is 0 Å². The minimum Gasteiger partial charge on any atom is -0.0837 e. The summed E-state index contributed by atoms with van der Waals surface area (Å²) in [7, 11) is 0. The maximum Gasteiger partial charge on any atom is 0.0484 e. The third kappa shape index (κ3) is 10.6. The van der Waals surface area contributed by atoms with E-state index in [2.05, 4.69) is 253 Å². The summed E-state index contributed by atoms with van der Waals surface area (Å²) in [5, 5.41) is 1.49. The highest BCUT2D eigenvalue weighted by atomic mass is 79.9. The molecule has 0 aliphatic heterocycles. The normalized spacial score (nSPS) is 11.8. The van der Waals surface area contributed by atoms with Crippen LogP contribution < -0.4 is 0 Å². The van der Waals surface area contributed by atoms with Crippen molar-refractivity contribution in [3.63, 3.8) is 0 Å². The number of rotatable bonds is 12. The molecule has 0 unspecified atom stereocenters. The lowest BCUT2D eigenvalue weighted by Crippen LogP contribution is -2.17. The molecule has 0 aliphatic rings. The highest BCUT2D eigenvalue weighted by Gasteiger charge is 2.25. The van der Waals surface area contributed by atoms with Crippen LogP contribution in [0.1, 0.15) is 84.5 Å². The van der Waals surface area contributed by atoms with Gasteiger partial charge in [0, 0.05) is 39.1 Å². The third-order valence-electron chi connectivity index (χ3n) is 13.8. The lowest BCUT2D eigenvalue weighted by molar-refractivity contribution is 0.332. The van der Waals surface area contributed by atoms with E-state index in [-0.39, 0.29) is 5.41 Å². The Morgan fingerprint density at radius 2 is 0.956 bits per heavy atom. The monoisotopic (exact) mass is 1190 g/mol. The summed E-state index contributed by atoms with van der Waals surface area (Å²) in [6, 6.07) is 48.3. The summed E-state index contributed by atoms with van der Waals surface area (Å²) in [6.07, 6.45) is 2.87. The second-order valence-electron chi connectivity index (χ2n) is 19.5. The van der Waals surface area contributed by atoms with Crippen LogP contribution in [0.2, 0.25) is 10.0 Å². The highest BCUT2D eigenvalue weighted by Crippen LogP contribution is 2.46. The minimum atomic E-state index is -0.0121. The standard InChI is InChI=1S/C62H56Br4Cl2/c1-35(2)42-21-23-57(68)54(33-42)47-27-43(50-16-10-11-19-55(50)63)31-48(32-47)58-40(7)49(38(5)39(6)61(58)66)24-25-62(8,9)34-41-20-22-56(67)53(26-41)46-29-44(51-17-12-14-36(3)59(51)64)28-45(30-46)52-18-13-15-37(4)60(52)65/h10-23,26-33,35H,24-25,34H2,1-9H3. The van der Waals surface area contributed by atoms with Crippen molar-refractivity contribution in [2.45, 2.75) is 87.5 Å². The van der Waals surface area contributed by atoms with Gasteiger partial charge in [0.1, 0.15) is 0 Å². The Morgan fingerprint density at radius 1 is 0.471 bits per heavy atom. The summed E-state index contributed by atoms with van der Waals surface area (Å²) in [4.78, 5) is 0. The fourth-order valence-electron chi connectivity index (χ4n) is 9.64. The van der Waals surface area contributed by atoms with Gasteiger partial charge in [-0.2, -0.15) is 0 Å². The number of benzene rings is 8. The van der Waals surface area contributed by atoms with Gasteiger partial charge in [0.05, 0.1) is 0 Å². The molecular formula is C62H56Br4Cl2. The predicted octanol–water partition coefficient (Wildman–Crippen LogP) is 21.9. The third-order valence-corrected chi connectivity index (χ3v) is 18.2. The lowest BCUT2D eigenvalue weighted by Gasteiger charge is -2.28. The minimum absolute atomic E-state index is 0.0121. The largest absolute Gasteiger partial charge is 0.0837 e. The molecule has 6 heteroatoms. The first-order valence-corrected chi connectivity index (χ1v) is 27.2. The molecule has 0 bridgehead atoms. The van der Waals surface area contributed by atoms with Gasteiger partial charge < -0.3 is 0 Å². The molecule has 0 aliphatic carbocycles. The SMILES string of the molecule is Cc1cccc(-c2cc(-c3cc(CC(C)(C)CCc4c(C)c(C)c(Br)c(-c5cc(-c6cc(C(C)C)ccc6Cl)cc(-c6ccccc6Br)c5)c4C)ccc3Cl)cc(-c3cccc(C)c3Br)c2)c1Br. The van der Waals surface area contributed by atoms with Gasteiger partial charge in [-0.1, -0.05) is 134 Å². The topological polar surface area (TPSA) is 0 Å². The van der Waals surface area contributed by atoms with Crippen LogP contribution in [-0.2, 0) is 12.8 Å². The van der Waals surface area contributed by atoms with Crippen molar-refractivity contribution in [3.8, 4) is 66.8 Å². The van der Waals surface area contributed by atoms with E-state index in [0.717, 1.165) is 108 Å². The van der Waals surface area contributed by atoms with Crippen LogP contribution in [0, 0.1) is 40.0 Å². The summed E-state index contributed by atoms with van der Waals surface area (Å²) in [6.45, 7) is 20.4. The second kappa shape index (κ2) is 20.9. The molecule has 0 N–H and O–H groups in total. The van der Waals surface area contributed by atoms with Crippen LogP contribution in [0.4, 0.5) is 0 Å². The summed E-state index contributed by atoms with van der Waals surface area (Å²) < 4.78 is 4.39. The number of halogens is 6. The molecular weight excluding hydrogens is 1140 g/mol. The molecule has 0 atom stereocenters. The van der Waals surface area contributed by atoms with Crippen molar-refractivity contribution < 1.29 is 0 Å². The Bertz CT molecular complexity index is 3160. The maximum absolute atomic E-state index is 7.17. The second-order valence-corrected chi connectivity index (χ2v) is 23.6. The Labute approximate surface area is 448 Å². The Hall–Kier alpha value is -3.74. The molecule has 0 saturated heterocycles. The molecule has 0 aromatic heterocycles. The molecule has 8 aromatic rings. The first-order chi connectivity index (χ1) is 32.3. The van der Waals surface area contributed by atoms with Crippen molar-refractivity contribution in [2.24, 2.45) is 5.41 Å². The molecule has 0 heterocycles. The number of aryl methyl sites for hydroxylation is 2. The molecule has 346 valence electrons. The molecule has 0 radical (unpaired) electrons. The van der Waals surface area contributed by atoms with Gasteiger partial charge in [-0.3, -0.25) is 0 Å². The average molecular weight is 1190 g/mol. The molecule has 0 fully saturated rings. The zero-order chi connectivity index (χ0) is 48.8. The smallest absolute Gasteiger partial charge is 0.0484 e. The van der Waals surface area contributed by atoms with Crippen LogP contribution in [0.5, 0.6) is 0 Å². The molecule has 0 amide bonds. The quantitative estimate of drug-likeness (QED) is 0.114. The van der Waals surface area contributed by atoms with Crippen LogP contribution in [0.3, 0.4) is 0 Å². The molecule has 68 heavy (non-hydrogen) atoms. The fraction of sp³-hybridized carbons (Fsp3) is 0.226. The molecule has 8 rings (SSSR count). The zero-order valence-electron chi connectivity index (χ0n) is 40.2. The molecule has 8 aromatic carbocycles. The number of hydrogen-bond donors (Lipinski definition) is 0. The van der Waals surface area contributed by atoms with E-state index in [1.807, 2.05) is 6.07 Å². The Kier molecular flexibility index (Phi) is 15.6. The van der Waals surface area contributed by atoms with Gasteiger partial charge in [0.25, 0.3) is 0 Å². The molecule has 0 saturated carbocycles. The Morgan fingerprint density at radius 3 is 1.51 bits per heavy atom. The first kappa shape index (κ1) is 50.6. The van der Waals surface area contributed by atoms with Gasteiger partial charge in [-0.15, -0.1) is 0 Å². The number of hydrogen-bond acceptors (Lipinski definition) is 0. The van der Waals surface area contributed by atoms with Gasteiger partial charge in [-0.25, -0.2) is 0 Å². The average Bonchev–Trinajstić information content (AvgIpc) is 3.30. The highest BCUT2D eigenvalue weighted by molar-refractivity contribution is 9.11. The van der Waals surface area contributed by atoms with Crippen molar-refractivity contribution in [2.75, 3.05) is 0 Å². The van der Waals surface area contributed by atoms with E-state index in [1.165, 1.54) is 50.1 Å². The predicted molar refractivity (Wildman–Crippen MR) is 310 cm³/mol. The van der Waals surface area contributed by atoms with Crippen molar-refractivity contribution in [3.05, 3.63) is 206 Å². The van der Waals surface area contributed by atoms with E-state index in [0.29, 0.717) is 5.92 Å². The lowest BCUT2D eigenvalue weighted by atomic mass is 9.78. The van der Waals surface area contributed by atoms with E-state index < -0.39 is 0 Å². The summed E-state index contributed by atoms with van der Waals surface area (Å²) in [5.74, 6) is 0.381. The summed E-state index contributed by atoms with van der Waals surface area (Å²) in [5.41, 5.74) is 23.8. The fourth-order valence-corrected chi connectivity index (χ4v) is 12.4. The van der Waals surface area contributed by atoms with Crippen molar-refractivity contribution in [1.29, 1.82) is 0 Å². The van der Waals surface area contributed by atoms with E-state index in [9.17, 15) is 0 Å². The zero-order valence-corrected chi connectivity index (χ0v) is 48.0. The Balaban J connectivity index is 1.15. The van der Waals surface area contributed by atoms with Gasteiger partial charge in [-0.05, 0) is 280 Å². The molecule has 0 nitrogen and oxygen atoms in total. The van der Waals surface area contributed by atoms with E-state index >= 15 is 0 Å². The van der Waals surface area contributed by atoms with Crippen LogP contribution in [0.15, 0.2) is 151 Å². The van der Waals surface area contributed by atoms with E-state index in [1.54, 1.807) is 0 Å². The van der Waals surface area contributed by atoms with Crippen LogP contribution in [-0.4, -0.2) is 0 Å². The molecule has 0 spiro atoms. The summed E-state index contributed by atoms with van der Waals surface area (Å²) >= 11 is 30.1.